The van der Waals surface area contributed by atoms with Gasteiger partial charge in [0.2, 0.25) is 0 Å². The van der Waals surface area contributed by atoms with Crippen molar-refractivity contribution in [2.75, 3.05) is 11.6 Å². The van der Waals surface area contributed by atoms with Crippen molar-refractivity contribution < 1.29 is 8.78 Å². The number of amidine groups is 1. The number of aliphatic imine (C=N–C) groups is 1. The van der Waals surface area contributed by atoms with Crippen LogP contribution in [-0.4, -0.2) is 11.4 Å². The van der Waals surface area contributed by atoms with E-state index in [4.69, 9.17) is 0 Å². The highest BCUT2D eigenvalue weighted by molar-refractivity contribution is 8.13. The third-order valence-electron chi connectivity index (χ3n) is 2.90. The lowest BCUT2D eigenvalue weighted by molar-refractivity contribution is 0.584. The maximum atomic E-state index is 13.2. The molecule has 0 heterocycles. The number of rotatable bonds is 3. The molecular weight excluding hydrogens is 290 g/mol. The SMILES string of the molecule is CSC(=N[C@@H](C)c1ccccc1)Nc1cc(F)cc(F)c1. The van der Waals surface area contributed by atoms with Gasteiger partial charge in [-0.15, -0.1) is 0 Å². The van der Waals surface area contributed by atoms with Crippen molar-refractivity contribution in [3.05, 3.63) is 65.7 Å². The fourth-order valence-electron chi connectivity index (χ4n) is 1.87. The average molecular weight is 306 g/mol. The molecule has 110 valence electrons. The highest BCUT2D eigenvalue weighted by Crippen LogP contribution is 2.20. The minimum absolute atomic E-state index is 0.0421. The second-order valence-electron chi connectivity index (χ2n) is 4.51. The van der Waals surface area contributed by atoms with E-state index in [1.165, 1.54) is 23.9 Å². The van der Waals surface area contributed by atoms with Gasteiger partial charge in [0.1, 0.15) is 11.6 Å². The topological polar surface area (TPSA) is 24.4 Å². The molecule has 0 aromatic heterocycles. The third-order valence-corrected chi connectivity index (χ3v) is 3.49. The van der Waals surface area contributed by atoms with Gasteiger partial charge >= 0.3 is 0 Å². The van der Waals surface area contributed by atoms with Crippen LogP contribution in [0.15, 0.2) is 53.5 Å². The Morgan fingerprint density at radius 2 is 1.71 bits per heavy atom. The molecule has 2 nitrogen and oxygen atoms in total. The third kappa shape index (κ3) is 4.56. The first-order valence-electron chi connectivity index (χ1n) is 6.48. The standard InChI is InChI=1S/C16H16F2N2S/c1-11(12-6-4-3-5-7-12)19-16(21-2)20-15-9-13(17)8-14(18)10-15/h3-11H,1-2H3,(H,19,20)/t11-/m0/s1. The van der Waals surface area contributed by atoms with Crippen molar-refractivity contribution in [3.8, 4) is 0 Å². The molecule has 0 amide bonds. The summed E-state index contributed by atoms with van der Waals surface area (Å²) in [4.78, 5) is 4.54. The van der Waals surface area contributed by atoms with Crippen molar-refractivity contribution in [2.24, 2.45) is 4.99 Å². The maximum absolute atomic E-state index is 13.2. The van der Waals surface area contributed by atoms with E-state index in [1.54, 1.807) is 0 Å². The second kappa shape index (κ2) is 7.22. The Kier molecular flexibility index (Phi) is 5.33. The number of nitrogens with zero attached hydrogens (tertiary/aromatic N) is 1. The Labute approximate surface area is 127 Å². The molecule has 0 unspecified atom stereocenters. The maximum Gasteiger partial charge on any atom is 0.161 e. The van der Waals surface area contributed by atoms with Crippen LogP contribution in [-0.2, 0) is 0 Å². The summed E-state index contributed by atoms with van der Waals surface area (Å²) in [5, 5.41) is 3.55. The smallest absolute Gasteiger partial charge is 0.161 e. The lowest BCUT2D eigenvalue weighted by Crippen LogP contribution is -2.09. The summed E-state index contributed by atoms with van der Waals surface area (Å²) in [5.41, 5.74) is 1.43. The van der Waals surface area contributed by atoms with Gasteiger partial charge in [-0.3, -0.25) is 4.99 Å². The molecule has 0 saturated carbocycles. The Morgan fingerprint density at radius 3 is 2.29 bits per heavy atom. The van der Waals surface area contributed by atoms with Crippen LogP contribution < -0.4 is 5.32 Å². The fourth-order valence-corrected chi connectivity index (χ4v) is 2.35. The van der Waals surface area contributed by atoms with Crippen LogP contribution >= 0.6 is 11.8 Å². The van der Waals surface area contributed by atoms with Crippen molar-refractivity contribution in [3.63, 3.8) is 0 Å². The van der Waals surface area contributed by atoms with Gasteiger partial charge in [-0.25, -0.2) is 8.78 Å². The predicted octanol–water partition coefficient (Wildman–Crippen LogP) is 4.86. The number of anilines is 1. The van der Waals surface area contributed by atoms with Gasteiger partial charge < -0.3 is 5.32 Å². The molecule has 0 saturated heterocycles. The van der Waals surface area contributed by atoms with Gasteiger partial charge in [-0.05, 0) is 30.9 Å². The number of hydrogen-bond donors (Lipinski definition) is 1. The van der Waals surface area contributed by atoms with Crippen LogP contribution in [0.25, 0.3) is 0 Å². The number of halogens is 2. The highest BCUT2D eigenvalue weighted by atomic mass is 32.2. The van der Waals surface area contributed by atoms with Crippen molar-refractivity contribution in [1.29, 1.82) is 0 Å². The van der Waals surface area contributed by atoms with Gasteiger partial charge in [0, 0.05) is 11.8 Å². The molecule has 0 radical (unpaired) electrons. The van der Waals surface area contributed by atoms with Crippen molar-refractivity contribution >= 4 is 22.6 Å². The zero-order chi connectivity index (χ0) is 15.2. The monoisotopic (exact) mass is 306 g/mol. The average Bonchev–Trinajstić information content (AvgIpc) is 2.46. The summed E-state index contributed by atoms with van der Waals surface area (Å²) < 4.78 is 26.4. The molecular formula is C16H16F2N2S. The summed E-state index contributed by atoms with van der Waals surface area (Å²) in [6, 6.07) is 13.1. The van der Waals surface area contributed by atoms with Gasteiger partial charge in [-0.2, -0.15) is 0 Å². The van der Waals surface area contributed by atoms with Crippen LogP contribution in [0.4, 0.5) is 14.5 Å². The highest BCUT2D eigenvalue weighted by Gasteiger charge is 2.07. The number of benzene rings is 2. The molecule has 5 heteroatoms. The summed E-state index contributed by atoms with van der Waals surface area (Å²) in [6.45, 7) is 1.97. The molecule has 2 rings (SSSR count). The van der Waals surface area contributed by atoms with E-state index in [0.717, 1.165) is 11.6 Å². The summed E-state index contributed by atoms with van der Waals surface area (Å²) in [6.07, 6.45) is 1.86. The Bertz CT molecular complexity index is 609. The largest absolute Gasteiger partial charge is 0.335 e. The van der Waals surface area contributed by atoms with Crippen molar-refractivity contribution in [2.45, 2.75) is 13.0 Å². The predicted molar refractivity (Wildman–Crippen MR) is 85.8 cm³/mol. The normalized spacial score (nSPS) is 13.0. The molecule has 1 atom stereocenters. The van der Waals surface area contributed by atoms with Gasteiger partial charge in [0.05, 0.1) is 6.04 Å². The van der Waals surface area contributed by atoms with Gasteiger partial charge in [-0.1, -0.05) is 42.1 Å². The molecule has 0 spiro atoms. The fraction of sp³-hybridized carbons (Fsp3) is 0.188. The molecule has 0 fully saturated rings. The van der Waals surface area contributed by atoms with E-state index in [0.29, 0.717) is 10.9 Å². The van der Waals surface area contributed by atoms with Crippen LogP contribution in [0.5, 0.6) is 0 Å². The summed E-state index contributed by atoms with van der Waals surface area (Å²) >= 11 is 1.39. The zero-order valence-corrected chi connectivity index (χ0v) is 12.6. The molecule has 2 aromatic carbocycles. The first-order chi connectivity index (χ1) is 10.1. The summed E-state index contributed by atoms with van der Waals surface area (Å²) in [5.74, 6) is -1.23. The quantitative estimate of drug-likeness (QED) is 0.647. The molecule has 1 N–H and O–H groups in total. The molecule has 2 aromatic rings. The number of nitrogens with one attached hydrogen (secondary N) is 1. The number of thioether (sulfide) groups is 1. The minimum Gasteiger partial charge on any atom is -0.335 e. The first-order valence-corrected chi connectivity index (χ1v) is 7.71. The first kappa shape index (κ1) is 15.5. The molecule has 0 bridgehead atoms. The second-order valence-corrected chi connectivity index (χ2v) is 5.30. The van der Waals surface area contributed by atoms with E-state index in [2.05, 4.69) is 10.3 Å². The Morgan fingerprint density at radius 1 is 1.10 bits per heavy atom. The lowest BCUT2D eigenvalue weighted by Gasteiger charge is -2.12. The Balaban J connectivity index is 2.17. The van der Waals surface area contributed by atoms with E-state index in [-0.39, 0.29) is 6.04 Å². The van der Waals surface area contributed by atoms with Crippen LogP contribution in [0.3, 0.4) is 0 Å². The van der Waals surface area contributed by atoms with E-state index in [1.807, 2.05) is 43.5 Å². The molecule has 0 aliphatic heterocycles. The Hall–Kier alpha value is -1.88. The summed E-state index contributed by atoms with van der Waals surface area (Å²) in [7, 11) is 0. The van der Waals surface area contributed by atoms with E-state index < -0.39 is 11.6 Å². The number of hydrogen-bond acceptors (Lipinski definition) is 2. The lowest BCUT2D eigenvalue weighted by atomic mass is 10.1. The molecule has 0 aliphatic carbocycles. The molecule has 0 aliphatic rings. The van der Waals surface area contributed by atoms with Crippen LogP contribution in [0.2, 0.25) is 0 Å². The zero-order valence-electron chi connectivity index (χ0n) is 11.8. The van der Waals surface area contributed by atoms with Crippen molar-refractivity contribution in [1.82, 2.24) is 0 Å². The van der Waals surface area contributed by atoms with Crippen LogP contribution in [0.1, 0.15) is 18.5 Å². The minimum atomic E-state index is -0.617. The van der Waals surface area contributed by atoms with E-state index in [9.17, 15) is 8.78 Å². The van der Waals surface area contributed by atoms with Crippen LogP contribution in [0, 0.1) is 11.6 Å². The molecule has 21 heavy (non-hydrogen) atoms. The van der Waals surface area contributed by atoms with Gasteiger partial charge in [0.15, 0.2) is 5.17 Å². The van der Waals surface area contributed by atoms with Gasteiger partial charge in [0.25, 0.3) is 0 Å². The van der Waals surface area contributed by atoms with E-state index >= 15 is 0 Å².